The molecule has 1 saturated carbocycles. The molecule has 0 radical (unpaired) electrons. The van der Waals surface area contributed by atoms with Crippen LogP contribution in [0.4, 0.5) is 20.3 Å². The van der Waals surface area contributed by atoms with E-state index in [4.69, 9.17) is 0 Å². The van der Waals surface area contributed by atoms with Crippen LogP contribution in [0.15, 0.2) is 30.7 Å². The maximum absolute atomic E-state index is 14.2. The second kappa shape index (κ2) is 10.2. The van der Waals surface area contributed by atoms with Crippen molar-refractivity contribution in [2.75, 3.05) is 36.4 Å². The van der Waals surface area contributed by atoms with Crippen molar-refractivity contribution in [2.45, 2.75) is 51.0 Å². The number of carbonyl (C=O) groups is 4. The van der Waals surface area contributed by atoms with Crippen LogP contribution in [0.3, 0.4) is 0 Å². The molecule has 3 aromatic rings. The monoisotopic (exact) mass is 633 g/mol. The number of piperidine rings is 1. The van der Waals surface area contributed by atoms with Crippen molar-refractivity contribution in [3.05, 3.63) is 53.2 Å². The number of imide groups is 1. The Bertz CT molecular complexity index is 1760. The molecule has 0 bridgehead atoms. The van der Waals surface area contributed by atoms with Gasteiger partial charge >= 0.3 is 0 Å². The van der Waals surface area contributed by atoms with Gasteiger partial charge in [0.2, 0.25) is 17.7 Å². The Kier molecular flexibility index (Phi) is 6.35. The van der Waals surface area contributed by atoms with Crippen molar-refractivity contribution in [2.24, 2.45) is 23.2 Å². The van der Waals surface area contributed by atoms with Crippen molar-refractivity contribution >= 4 is 35.1 Å². The molecule has 6 heterocycles. The van der Waals surface area contributed by atoms with Crippen LogP contribution in [0, 0.1) is 23.2 Å². The largest absolute Gasteiger partial charge is 0.355 e. The molecule has 15 heteroatoms. The molecule has 4 fully saturated rings. The van der Waals surface area contributed by atoms with E-state index in [0.29, 0.717) is 62.5 Å². The van der Waals surface area contributed by atoms with Gasteiger partial charge in [-0.25, -0.2) is 13.8 Å². The molecule has 0 spiro atoms. The first-order chi connectivity index (χ1) is 22.0. The van der Waals surface area contributed by atoms with E-state index < -0.39 is 23.2 Å². The van der Waals surface area contributed by atoms with Crippen LogP contribution in [0.5, 0.6) is 0 Å². The van der Waals surface area contributed by atoms with E-state index in [1.807, 2.05) is 21.9 Å². The molecular weight excluding hydrogens is 600 g/mol. The molecule has 13 nitrogen and oxygen atoms in total. The lowest BCUT2D eigenvalue weighted by molar-refractivity contribution is -0.143. The zero-order valence-electron chi connectivity index (χ0n) is 25.1. The number of anilines is 2. The lowest BCUT2D eigenvalue weighted by Gasteiger charge is -2.46. The number of aromatic nitrogens is 5. The Morgan fingerprint density at radius 2 is 1.93 bits per heavy atom. The van der Waals surface area contributed by atoms with Crippen LogP contribution in [0.2, 0.25) is 0 Å². The first-order valence-electron chi connectivity index (χ1n) is 15.6. The number of halogens is 2. The topological polar surface area (TPSA) is 158 Å². The van der Waals surface area contributed by atoms with Gasteiger partial charge in [-0.2, -0.15) is 10.2 Å². The summed E-state index contributed by atoms with van der Waals surface area (Å²) in [7, 11) is 0. The molecule has 3 atom stereocenters. The van der Waals surface area contributed by atoms with Crippen molar-refractivity contribution in [1.29, 1.82) is 0 Å². The average Bonchev–Trinajstić information content (AvgIpc) is 3.38. The highest BCUT2D eigenvalue weighted by Crippen LogP contribution is 2.70. The normalized spacial score (nSPS) is 26.8. The summed E-state index contributed by atoms with van der Waals surface area (Å²) >= 11 is 0. The van der Waals surface area contributed by atoms with Crippen LogP contribution in [-0.2, 0) is 33.8 Å². The zero-order chi connectivity index (χ0) is 32.0. The number of alkyl halides is 2. The number of carbonyl (C=O) groups excluding carboxylic acids is 4. The summed E-state index contributed by atoms with van der Waals surface area (Å²) < 4.78 is 30.2. The summed E-state index contributed by atoms with van der Waals surface area (Å²) in [6.07, 6.45) is 6.03. The molecule has 0 aromatic carbocycles. The SMILES string of the molecule is C[C@@]12Cc3[nH]nc(C(=O)Nc4cnn(CC5CN(C(=O)C6CN(c7ccc(C8CCC(=O)NC8=O)cn7)C6)C5)c4)c3C[C@@H]1C2(F)F. The molecular formula is C31H33F2N9O4. The van der Waals surface area contributed by atoms with E-state index >= 15 is 0 Å². The second-order valence-corrected chi connectivity index (χ2v) is 13.6. The third-order valence-electron chi connectivity index (χ3n) is 10.6. The maximum atomic E-state index is 14.2. The van der Waals surface area contributed by atoms with Gasteiger partial charge < -0.3 is 15.1 Å². The number of aromatic amines is 1. The standard InChI is InChI=1S/C31H33F2N9O4/c1-30-7-22-21(6-23(30)31(30,32)33)26(39-38-22)28(45)36-19-9-35-42(15-19)12-16-10-41(11-16)29(46)18-13-40(14-18)24-4-2-17(8-34-24)20-3-5-25(43)37-27(20)44/h2,4,8-9,15-16,18,20,23H,3,5-7,10-14H2,1H3,(H,36,45)(H,38,39)(H,37,43,44)/t20?,23-,30+/m0/s1. The van der Waals surface area contributed by atoms with Gasteiger partial charge in [-0.3, -0.25) is 34.3 Å². The van der Waals surface area contributed by atoms with Gasteiger partial charge in [-0.15, -0.1) is 0 Å². The van der Waals surface area contributed by atoms with Gasteiger partial charge in [0.1, 0.15) is 5.82 Å². The van der Waals surface area contributed by atoms with Gasteiger partial charge in [-0.05, 0) is 24.5 Å². The van der Waals surface area contributed by atoms with E-state index in [1.54, 1.807) is 30.2 Å². The molecule has 3 aromatic heterocycles. The number of hydrogen-bond acceptors (Lipinski definition) is 8. The second-order valence-electron chi connectivity index (χ2n) is 13.6. The van der Waals surface area contributed by atoms with Crippen molar-refractivity contribution in [3.63, 3.8) is 0 Å². The van der Waals surface area contributed by atoms with E-state index in [1.165, 1.54) is 0 Å². The zero-order valence-corrected chi connectivity index (χ0v) is 25.1. The molecule has 1 unspecified atom stereocenters. The summed E-state index contributed by atoms with van der Waals surface area (Å²) in [6.45, 7) is 4.58. The fraction of sp³-hybridized carbons (Fsp3) is 0.516. The van der Waals surface area contributed by atoms with Crippen LogP contribution in [0.25, 0.3) is 0 Å². The van der Waals surface area contributed by atoms with E-state index in [0.717, 1.165) is 11.4 Å². The fourth-order valence-corrected chi connectivity index (χ4v) is 7.53. The fourth-order valence-electron chi connectivity index (χ4n) is 7.53. The molecule has 46 heavy (non-hydrogen) atoms. The summed E-state index contributed by atoms with van der Waals surface area (Å²) in [5.74, 6) is -3.86. The van der Waals surface area contributed by atoms with E-state index in [-0.39, 0.29) is 54.0 Å². The number of fused-ring (bicyclic) bond motifs is 2. The maximum Gasteiger partial charge on any atom is 0.276 e. The lowest BCUT2D eigenvalue weighted by Crippen LogP contribution is -2.60. The summed E-state index contributed by atoms with van der Waals surface area (Å²) in [5, 5.41) is 16.4. The molecule has 2 aliphatic carbocycles. The van der Waals surface area contributed by atoms with Crippen LogP contribution < -0.4 is 15.5 Å². The molecule has 8 rings (SSSR count). The minimum atomic E-state index is -2.73. The van der Waals surface area contributed by atoms with Gasteiger partial charge in [0.25, 0.3) is 11.8 Å². The smallest absolute Gasteiger partial charge is 0.276 e. The van der Waals surface area contributed by atoms with E-state index in [9.17, 15) is 28.0 Å². The number of rotatable bonds is 7. The number of hydrogen-bond donors (Lipinski definition) is 3. The molecule has 3 saturated heterocycles. The number of likely N-dealkylation sites (tertiary alicyclic amines) is 1. The van der Waals surface area contributed by atoms with Gasteiger partial charge in [0.15, 0.2) is 5.69 Å². The molecule has 5 aliphatic rings. The highest BCUT2D eigenvalue weighted by Gasteiger charge is 2.78. The van der Waals surface area contributed by atoms with Crippen molar-refractivity contribution in [1.82, 2.24) is 35.2 Å². The van der Waals surface area contributed by atoms with Crippen LogP contribution in [-0.4, -0.2) is 85.6 Å². The third-order valence-corrected chi connectivity index (χ3v) is 10.6. The highest BCUT2D eigenvalue weighted by molar-refractivity contribution is 6.04. The van der Waals surface area contributed by atoms with Crippen molar-refractivity contribution in [3.8, 4) is 0 Å². The first kappa shape index (κ1) is 28.8. The Labute approximate surface area is 262 Å². The Hall–Kier alpha value is -4.69. The number of nitrogens with one attached hydrogen (secondary N) is 3. The minimum absolute atomic E-state index is 0.100. The number of H-pyrrole nitrogens is 1. The van der Waals surface area contributed by atoms with Gasteiger partial charge in [0, 0.05) is 86.5 Å². The predicted molar refractivity (Wildman–Crippen MR) is 158 cm³/mol. The Morgan fingerprint density at radius 1 is 1.13 bits per heavy atom. The average molecular weight is 634 g/mol. The summed E-state index contributed by atoms with van der Waals surface area (Å²) in [4.78, 5) is 57.9. The molecule has 3 aliphatic heterocycles. The van der Waals surface area contributed by atoms with E-state index in [2.05, 4.69) is 30.9 Å². The third kappa shape index (κ3) is 4.57. The van der Waals surface area contributed by atoms with Crippen LogP contribution >= 0.6 is 0 Å². The summed E-state index contributed by atoms with van der Waals surface area (Å²) in [5.41, 5.74) is 1.52. The molecule has 3 N–H and O–H groups in total. The Balaban J connectivity index is 0.787. The van der Waals surface area contributed by atoms with Crippen molar-refractivity contribution < 1.29 is 28.0 Å². The molecule has 4 amide bonds. The lowest BCUT2D eigenvalue weighted by atomic mass is 9.87. The van der Waals surface area contributed by atoms with Crippen LogP contribution in [0.1, 0.15) is 53.0 Å². The van der Waals surface area contributed by atoms with Gasteiger partial charge in [0.05, 0.1) is 23.7 Å². The Morgan fingerprint density at radius 3 is 2.67 bits per heavy atom. The van der Waals surface area contributed by atoms with Gasteiger partial charge in [-0.1, -0.05) is 13.0 Å². The minimum Gasteiger partial charge on any atom is -0.355 e. The quantitative estimate of drug-likeness (QED) is 0.332. The number of pyridine rings is 1. The number of nitrogens with zero attached hydrogens (tertiary/aromatic N) is 6. The first-order valence-corrected chi connectivity index (χ1v) is 15.6. The molecule has 240 valence electrons. The number of amides is 4. The highest BCUT2D eigenvalue weighted by atomic mass is 19.3. The predicted octanol–water partition coefficient (Wildman–Crippen LogP) is 1.74. The summed E-state index contributed by atoms with van der Waals surface area (Å²) in [6, 6.07) is 3.71.